The van der Waals surface area contributed by atoms with E-state index in [2.05, 4.69) is 69.8 Å². The Balaban J connectivity index is 0.000000162. The van der Waals surface area contributed by atoms with Crippen molar-refractivity contribution < 1.29 is 9.47 Å². The Morgan fingerprint density at radius 2 is 1.59 bits per heavy atom. The number of ether oxygens (including phenoxy) is 2. The number of hydrogen-bond donors (Lipinski definition) is 0. The molecular formula is C16H14Br4O2. The van der Waals surface area contributed by atoms with Crippen molar-refractivity contribution in [2.45, 2.75) is 6.42 Å². The van der Waals surface area contributed by atoms with Crippen molar-refractivity contribution in [3.8, 4) is 11.5 Å². The van der Waals surface area contributed by atoms with Gasteiger partial charge in [0.15, 0.2) is 0 Å². The molecule has 1 aliphatic heterocycles. The number of para-hydroxylation sites is 2. The predicted octanol–water partition coefficient (Wildman–Crippen LogP) is 6.37. The maximum Gasteiger partial charge on any atom is 0.147 e. The fraction of sp³-hybridized carbons (Fsp3) is 0.250. The van der Waals surface area contributed by atoms with Gasteiger partial charge in [-0.2, -0.15) is 0 Å². The third-order valence-electron chi connectivity index (χ3n) is 2.91. The number of rotatable bonds is 3. The Hall–Kier alpha value is -0.0400. The van der Waals surface area contributed by atoms with Crippen molar-refractivity contribution in [3.05, 3.63) is 55.4 Å². The van der Waals surface area contributed by atoms with E-state index in [1.807, 2.05) is 30.3 Å². The average Bonchev–Trinajstić information content (AvgIpc) is 2.98. The molecule has 0 saturated carbocycles. The van der Waals surface area contributed by atoms with E-state index in [0.717, 1.165) is 43.3 Å². The van der Waals surface area contributed by atoms with Crippen LogP contribution >= 0.6 is 63.7 Å². The largest absolute Gasteiger partial charge is 0.492 e. The first-order valence-electron chi connectivity index (χ1n) is 6.66. The van der Waals surface area contributed by atoms with Crippen LogP contribution in [0.2, 0.25) is 0 Å². The highest BCUT2D eigenvalue weighted by Gasteiger charge is 2.13. The van der Waals surface area contributed by atoms with Gasteiger partial charge in [0.2, 0.25) is 0 Å². The SMILES string of the molecule is BrCCOc1c(Br)cccc1Br.Brc1cccc2c1OCC2. The average molecular weight is 558 g/mol. The van der Waals surface area contributed by atoms with Crippen LogP contribution < -0.4 is 9.47 Å². The normalized spacial score (nSPS) is 12.0. The van der Waals surface area contributed by atoms with Gasteiger partial charge in [0.05, 0.1) is 26.6 Å². The first-order valence-corrected chi connectivity index (χ1v) is 10.2. The monoisotopic (exact) mass is 554 g/mol. The second kappa shape index (κ2) is 9.30. The number of halogens is 4. The molecule has 118 valence electrons. The highest BCUT2D eigenvalue weighted by atomic mass is 79.9. The first-order chi connectivity index (χ1) is 10.6. The first kappa shape index (κ1) is 18.3. The molecule has 0 atom stereocenters. The summed E-state index contributed by atoms with van der Waals surface area (Å²) in [6.07, 6.45) is 1.05. The van der Waals surface area contributed by atoms with E-state index in [4.69, 9.17) is 9.47 Å². The smallest absolute Gasteiger partial charge is 0.147 e. The molecule has 6 heteroatoms. The van der Waals surface area contributed by atoms with E-state index in [9.17, 15) is 0 Å². The van der Waals surface area contributed by atoms with Crippen molar-refractivity contribution in [1.82, 2.24) is 0 Å². The van der Waals surface area contributed by atoms with Crippen molar-refractivity contribution in [2.24, 2.45) is 0 Å². The summed E-state index contributed by atoms with van der Waals surface area (Å²) >= 11 is 13.5. The zero-order chi connectivity index (χ0) is 15.9. The molecule has 0 fully saturated rings. The number of fused-ring (bicyclic) bond motifs is 1. The van der Waals surface area contributed by atoms with Crippen molar-refractivity contribution in [2.75, 3.05) is 18.5 Å². The Kier molecular flexibility index (Phi) is 7.74. The Bertz CT molecular complexity index is 611. The van der Waals surface area contributed by atoms with Crippen LogP contribution in [0, 0.1) is 0 Å². The van der Waals surface area contributed by atoms with Crippen LogP contribution in [0.15, 0.2) is 49.8 Å². The zero-order valence-corrected chi connectivity index (χ0v) is 18.0. The topological polar surface area (TPSA) is 18.5 Å². The van der Waals surface area contributed by atoms with Gasteiger partial charge in [0.1, 0.15) is 11.5 Å². The van der Waals surface area contributed by atoms with Gasteiger partial charge in [-0.25, -0.2) is 0 Å². The van der Waals surface area contributed by atoms with Gasteiger partial charge in [-0.15, -0.1) is 0 Å². The summed E-state index contributed by atoms with van der Waals surface area (Å²) in [6, 6.07) is 12.0. The fourth-order valence-corrected chi connectivity index (χ4v) is 3.85. The minimum Gasteiger partial charge on any atom is -0.492 e. The lowest BCUT2D eigenvalue weighted by Crippen LogP contribution is -1.98. The van der Waals surface area contributed by atoms with E-state index in [0.29, 0.717) is 6.61 Å². The Morgan fingerprint density at radius 3 is 2.23 bits per heavy atom. The summed E-state index contributed by atoms with van der Waals surface area (Å²) in [6.45, 7) is 1.50. The molecule has 2 nitrogen and oxygen atoms in total. The van der Waals surface area contributed by atoms with Crippen LogP contribution in [0.1, 0.15) is 5.56 Å². The highest BCUT2D eigenvalue weighted by molar-refractivity contribution is 9.11. The van der Waals surface area contributed by atoms with Crippen LogP contribution in [0.5, 0.6) is 11.5 Å². The van der Waals surface area contributed by atoms with Crippen LogP contribution in [0.25, 0.3) is 0 Å². The zero-order valence-electron chi connectivity index (χ0n) is 11.6. The summed E-state index contributed by atoms with van der Waals surface area (Å²) in [5.74, 6) is 1.89. The van der Waals surface area contributed by atoms with Gasteiger partial charge >= 0.3 is 0 Å². The Labute approximate surface area is 164 Å². The van der Waals surface area contributed by atoms with Crippen LogP contribution in [0.4, 0.5) is 0 Å². The standard InChI is InChI=1S/C8H7Br3O.C8H7BrO/c9-4-5-12-8-6(10)2-1-3-7(8)11;9-7-3-1-2-6-4-5-10-8(6)7/h1-3H,4-5H2;1-3H,4-5H2. The summed E-state index contributed by atoms with van der Waals surface area (Å²) in [5.41, 5.74) is 1.31. The molecule has 0 radical (unpaired) electrons. The molecular weight excluding hydrogens is 544 g/mol. The molecule has 0 spiro atoms. The van der Waals surface area contributed by atoms with Crippen molar-refractivity contribution in [1.29, 1.82) is 0 Å². The molecule has 2 aromatic rings. The van der Waals surface area contributed by atoms with Gasteiger partial charge in [-0.3, -0.25) is 0 Å². The lowest BCUT2D eigenvalue weighted by atomic mass is 10.2. The number of benzene rings is 2. The van der Waals surface area contributed by atoms with Crippen molar-refractivity contribution in [3.63, 3.8) is 0 Å². The summed E-state index contributed by atoms with van der Waals surface area (Å²) in [4.78, 5) is 0. The molecule has 0 aromatic heterocycles. The molecule has 3 rings (SSSR count). The van der Waals surface area contributed by atoms with Gasteiger partial charge in [0, 0.05) is 11.8 Å². The van der Waals surface area contributed by atoms with E-state index in [1.165, 1.54) is 5.56 Å². The van der Waals surface area contributed by atoms with E-state index in [1.54, 1.807) is 0 Å². The number of alkyl halides is 1. The Morgan fingerprint density at radius 1 is 0.955 bits per heavy atom. The highest BCUT2D eigenvalue weighted by Crippen LogP contribution is 2.33. The minimum absolute atomic E-state index is 0.668. The van der Waals surface area contributed by atoms with Gasteiger partial charge < -0.3 is 9.47 Å². The molecule has 22 heavy (non-hydrogen) atoms. The summed E-state index contributed by atoms with van der Waals surface area (Å²) in [5, 5.41) is 0.834. The predicted molar refractivity (Wildman–Crippen MR) is 104 cm³/mol. The molecule has 0 amide bonds. The molecule has 0 aliphatic carbocycles. The minimum atomic E-state index is 0.668. The second-order valence-electron chi connectivity index (χ2n) is 4.41. The summed E-state index contributed by atoms with van der Waals surface area (Å²) < 4.78 is 13.9. The maximum absolute atomic E-state index is 5.48. The van der Waals surface area contributed by atoms with E-state index < -0.39 is 0 Å². The fourth-order valence-electron chi connectivity index (χ4n) is 1.94. The summed E-state index contributed by atoms with van der Waals surface area (Å²) in [7, 11) is 0. The molecule has 0 saturated heterocycles. The molecule has 0 bridgehead atoms. The van der Waals surface area contributed by atoms with Crippen LogP contribution in [-0.2, 0) is 6.42 Å². The van der Waals surface area contributed by atoms with Crippen molar-refractivity contribution >= 4 is 63.7 Å². The van der Waals surface area contributed by atoms with Gasteiger partial charge in [-0.1, -0.05) is 34.1 Å². The molecule has 1 heterocycles. The third kappa shape index (κ3) is 4.98. The molecule has 0 unspecified atom stereocenters. The molecule has 2 aromatic carbocycles. The maximum atomic E-state index is 5.48. The number of hydrogen-bond acceptors (Lipinski definition) is 2. The van der Waals surface area contributed by atoms with Crippen LogP contribution in [-0.4, -0.2) is 18.5 Å². The van der Waals surface area contributed by atoms with Crippen LogP contribution in [0.3, 0.4) is 0 Å². The van der Waals surface area contributed by atoms with Gasteiger partial charge in [0.25, 0.3) is 0 Å². The lowest BCUT2D eigenvalue weighted by molar-refractivity contribution is 0.341. The lowest BCUT2D eigenvalue weighted by Gasteiger charge is -2.07. The molecule has 1 aliphatic rings. The van der Waals surface area contributed by atoms with Gasteiger partial charge in [-0.05, 0) is 71.6 Å². The van der Waals surface area contributed by atoms with E-state index in [-0.39, 0.29) is 0 Å². The quantitative estimate of drug-likeness (QED) is 0.409. The van der Waals surface area contributed by atoms with E-state index >= 15 is 0 Å². The molecule has 0 N–H and O–H groups in total. The second-order valence-corrected chi connectivity index (χ2v) is 7.77. The third-order valence-corrected chi connectivity index (χ3v) is 5.11.